The summed E-state index contributed by atoms with van der Waals surface area (Å²) in [5.74, 6) is 1.23. The fourth-order valence-corrected chi connectivity index (χ4v) is 5.04. The summed E-state index contributed by atoms with van der Waals surface area (Å²) in [7, 11) is 7.55. The van der Waals surface area contributed by atoms with E-state index in [-0.39, 0.29) is 17.4 Å². The van der Waals surface area contributed by atoms with Gasteiger partial charge in [0.05, 0.1) is 47.0 Å². The van der Waals surface area contributed by atoms with Crippen LogP contribution in [0.2, 0.25) is 0 Å². The molecule has 0 atom stereocenters. The van der Waals surface area contributed by atoms with E-state index in [9.17, 15) is 14.4 Å². The number of rotatable bonds is 14. The van der Waals surface area contributed by atoms with Gasteiger partial charge < -0.3 is 39.6 Å². The standard InChI is InChI=1S/C35H35N3O8S/c1-42-25-13-16-29(43-2)27(19-25)37-33(39)21-47-26-14-11-24(12-15-26)36-35(41)28(38-34(40)22-9-7-6-8-10-22)17-23-18-31(45-4)32(46-5)20-30(23)44-3/h6-20H,21H2,1-5H3,(H,36,41)(H,37,39)(H,38,40)/b28-17-. The number of benzene rings is 4. The first kappa shape index (κ1) is 34.3. The van der Waals surface area contributed by atoms with Crippen molar-refractivity contribution in [3.05, 3.63) is 102 Å². The lowest BCUT2D eigenvalue weighted by atomic mass is 10.1. The summed E-state index contributed by atoms with van der Waals surface area (Å²) in [5.41, 5.74) is 1.79. The number of hydrogen-bond acceptors (Lipinski definition) is 9. The second-order valence-electron chi connectivity index (χ2n) is 9.71. The van der Waals surface area contributed by atoms with E-state index in [4.69, 9.17) is 23.7 Å². The van der Waals surface area contributed by atoms with Crippen LogP contribution in [0.15, 0.2) is 95.5 Å². The maximum atomic E-state index is 13.6. The van der Waals surface area contributed by atoms with Crippen molar-refractivity contribution in [3.63, 3.8) is 0 Å². The van der Waals surface area contributed by atoms with Gasteiger partial charge in [-0.1, -0.05) is 18.2 Å². The summed E-state index contributed by atoms with van der Waals surface area (Å²) >= 11 is 1.32. The Morgan fingerprint density at radius 2 is 1.34 bits per heavy atom. The van der Waals surface area contributed by atoms with Gasteiger partial charge >= 0.3 is 0 Å². The largest absolute Gasteiger partial charge is 0.497 e. The summed E-state index contributed by atoms with van der Waals surface area (Å²) < 4.78 is 26.9. The van der Waals surface area contributed by atoms with E-state index in [2.05, 4.69) is 16.0 Å². The summed E-state index contributed by atoms with van der Waals surface area (Å²) in [4.78, 5) is 40.1. The first-order chi connectivity index (χ1) is 22.8. The molecule has 47 heavy (non-hydrogen) atoms. The molecule has 4 aromatic rings. The minimum absolute atomic E-state index is 0.0348. The number of anilines is 2. The van der Waals surface area contributed by atoms with E-state index in [1.165, 1.54) is 46.3 Å². The van der Waals surface area contributed by atoms with Crippen LogP contribution in [0.5, 0.6) is 28.7 Å². The fourth-order valence-electron chi connectivity index (χ4n) is 4.34. The number of methoxy groups -OCH3 is 5. The van der Waals surface area contributed by atoms with E-state index < -0.39 is 11.8 Å². The van der Waals surface area contributed by atoms with Crippen LogP contribution in [-0.4, -0.2) is 59.0 Å². The highest BCUT2D eigenvalue weighted by Gasteiger charge is 2.18. The van der Waals surface area contributed by atoms with E-state index >= 15 is 0 Å². The molecule has 244 valence electrons. The highest BCUT2D eigenvalue weighted by atomic mass is 32.2. The molecule has 0 aliphatic heterocycles. The second kappa shape index (κ2) is 16.6. The van der Waals surface area contributed by atoms with Gasteiger partial charge in [-0.05, 0) is 60.7 Å². The van der Waals surface area contributed by atoms with Gasteiger partial charge in [0.25, 0.3) is 11.8 Å². The number of nitrogens with one attached hydrogen (secondary N) is 3. The number of carbonyl (C=O) groups excluding carboxylic acids is 3. The van der Waals surface area contributed by atoms with Crippen molar-refractivity contribution in [3.8, 4) is 28.7 Å². The van der Waals surface area contributed by atoms with Crippen LogP contribution in [0.3, 0.4) is 0 Å². The van der Waals surface area contributed by atoms with Crippen LogP contribution in [-0.2, 0) is 9.59 Å². The molecule has 0 saturated carbocycles. The second-order valence-corrected chi connectivity index (χ2v) is 10.8. The highest BCUT2D eigenvalue weighted by molar-refractivity contribution is 8.00. The molecular weight excluding hydrogens is 622 g/mol. The van der Waals surface area contributed by atoms with Crippen LogP contribution < -0.4 is 39.6 Å². The Hall–Kier alpha value is -5.62. The first-order valence-electron chi connectivity index (χ1n) is 14.2. The van der Waals surface area contributed by atoms with Crippen LogP contribution in [0.25, 0.3) is 6.08 Å². The third-order valence-electron chi connectivity index (χ3n) is 6.73. The number of amides is 3. The molecule has 0 spiro atoms. The average molecular weight is 658 g/mol. The highest BCUT2D eigenvalue weighted by Crippen LogP contribution is 2.36. The Kier molecular flexibility index (Phi) is 12.1. The molecule has 4 rings (SSSR count). The SMILES string of the molecule is COc1ccc(OC)c(NC(=O)CSc2ccc(NC(=O)/C(=C/c3cc(OC)c(OC)cc3OC)NC(=O)c3ccccc3)cc2)c1. The zero-order valence-corrected chi connectivity index (χ0v) is 27.4. The van der Waals surface area contributed by atoms with Gasteiger partial charge in [0, 0.05) is 33.8 Å². The number of carbonyl (C=O) groups is 3. The maximum Gasteiger partial charge on any atom is 0.272 e. The first-order valence-corrected chi connectivity index (χ1v) is 15.2. The minimum Gasteiger partial charge on any atom is -0.497 e. The van der Waals surface area contributed by atoms with Crippen molar-refractivity contribution >= 4 is 46.9 Å². The van der Waals surface area contributed by atoms with Crippen molar-refractivity contribution in [1.29, 1.82) is 0 Å². The molecule has 12 heteroatoms. The number of thioether (sulfide) groups is 1. The minimum atomic E-state index is -0.571. The van der Waals surface area contributed by atoms with Gasteiger partial charge in [-0.2, -0.15) is 0 Å². The molecule has 4 aromatic carbocycles. The lowest BCUT2D eigenvalue weighted by Gasteiger charge is -2.15. The monoisotopic (exact) mass is 657 g/mol. The van der Waals surface area contributed by atoms with Gasteiger partial charge in [-0.15, -0.1) is 11.8 Å². The molecule has 3 N–H and O–H groups in total. The average Bonchev–Trinajstić information content (AvgIpc) is 3.10. The van der Waals surface area contributed by atoms with E-state index in [1.807, 2.05) is 0 Å². The lowest BCUT2D eigenvalue weighted by Crippen LogP contribution is -2.30. The summed E-state index contributed by atoms with van der Waals surface area (Å²) in [5, 5.41) is 8.38. The van der Waals surface area contributed by atoms with Crippen LogP contribution in [0, 0.1) is 0 Å². The Morgan fingerprint density at radius 3 is 1.98 bits per heavy atom. The van der Waals surface area contributed by atoms with Crippen molar-refractivity contribution < 1.29 is 38.1 Å². The quantitative estimate of drug-likeness (QED) is 0.112. The predicted molar refractivity (Wildman–Crippen MR) is 182 cm³/mol. The lowest BCUT2D eigenvalue weighted by molar-refractivity contribution is -0.114. The van der Waals surface area contributed by atoms with Crippen molar-refractivity contribution in [2.75, 3.05) is 51.9 Å². The molecular formula is C35H35N3O8S. The Bertz CT molecular complexity index is 1740. The topological polar surface area (TPSA) is 133 Å². The van der Waals surface area contributed by atoms with Crippen LogP contribution >= 0.6 is 11.8 Å². The van der Waals surface area contributed by atoms with E-state index in [0.717, 1.165) is 4.90 Å². The molecule has 0 heterocycles. The molecule has 0 bridgehead atoms. The van der Waals surface area contributed by atoms with Gasteiger partial charge in [-0.3, -0.25) is 14.4 Å². The predicted octanol–water partition coefficient (Wildman–Crippen LogP) is 5.87. The van der Waals surface area contributed by atoms with E-state index in [0.29, 0.717) is 51.2 Å². The molecule has 0 aliphatic carbocycles. The summed E-state index contributed by atoms with van der Waals surface area (Å²) in [6.07, 6.45) is 1.50. The van der Waals surface area contributed by atoms with Crippen molar-refractivity contribution in [1.82, 2.24) is 5.32 Å². The Labute approximate surface area is 277 Å². The van der Waals surface area contributed by atoms with Crippen LogP contribution in [0.4, 0.5) is 11.4 Å². The molecule has 0 unspecified atom stereocenters. The summed E-state index contributed by atoms with van der Waals surface area (Å²) in [6.45, 7) is 0. The van der Waals surface area contributed by atoms with Crippen LogP contribution in [0.1, 0.15) is 15.9 Å². The zero-order chi connectivity index (χ0) is 33.8. The number of ether oxygens (including phenoxy) is 5. The van der Waals surface area contributed by atoms with Gasteiger partial charge in [0.2, 0.25) is 5.91 Å². The smallest absolute Gasteiger partial charge is 0.272 e. The summed E-state index contributed by atoms with van der Waals surface area (Å²) in [6, 6.07) is 23.9. The molecule has 0 radical (unpaired) electrons. The maximum absolute atomic E-state index is 13.6. The van der Waals surface area contributed by atoms with Gasteiger partial charge in [0.15, 0.2) is 11.5 Å². The molecule has 11 nitrogen and oxygen atoms in total. The molecule has 3 amide bonds. The van der Waals surface area contributed by atoms with Gasteiger partial charge in [-0.25, -0.2) is 0 Å². The Balaban J connectivity index is 1.49. The molecule has 0 fully saturated rings. The zero-order valence-electron chi connectivity index (χ0n) is 26.5. The van der Waals surface area contributed by atoms with E-state index in [1.54, 1.807) is 92.0 Å². The molecule has 0 saturated heterocycles. The normalized spacial score (nSPS) is 10.8. The molecule has 0 aromatic heterocycles. The molecule has 0 aliphatic rings. The fraction of sp³-hybridized carbons (Fsp3) is 0.171. The Morgan fingerprint density at radius 1 is 0.681 bits per heavy atom. The van der Waals surface area contributed by atoms with Crippen molar-refractivity contribution in [2.45, 2.75) is 4.90 Å². The number of hydrogen-bond donors (Lipinski definition) is 3. The third-order valence-corrected chi connectivity index (χ3v) is 7.74. The third kappa shape index (κ3) is 9.21. The van der Waals surface area contributed by atoms with Crippen molar-refractivity contribution in [2.24, 2.45) is 0 Å². The van der Waals surface area contributed by atoms with Gasteiger partial charge in [0.1, 0.15) is 22.9 Å².